The molecule has 1 aromatic carbocycles. The molecule has 1 aromatic rings. The van der Waals surface area contributed by atoms with Crippen LogP contribution in [0.5, 0.6) is 0 Å². The van der Waals surface area contributed by atoms with Crippen molar-refractivity contribution >= 4 is 11.7 Å². The van der Waals surface area contributed by atoms with Crippen LogP contribution in [0.25, 0.3) is 0 Å². The molecule has 1 atom stereocenters. The SMILES string of the molecule is COC(=O)C1CCN(c2cccc(C#N)c2)C1(C)C. The fraction of sp³-hybridized carbons (Fsp3) is 0.467. The topological polar surface area (TPSA) is 53.3 Å². The van der Waals surface area contributed by atoms with Crippen molar-refractivity contribution in [2.45, 2.75) is 25.8 Å². The van der Waals surface area contributed by atoms with Crippen molar-refractivity contribution < 1.29 is 9.53 Å². The molecular formula is C15H18N2O2. The van der Waals surface area contributed by atoms with Crippen LogP contribution < -0.4 is 4.90 Å². The molecule has 0 bridgehead atoms. The zero-order valence-corrected chi connectivity index (χ0v) is 11.5. The number of benzene rings is 1. The second-order valence-electron chi connectivity index (χ2n) is 5.33. The minimum Gasteiger partial charge on any atom is -0.469 e. The highest BCUT2D eigenvalue weighted by atomic mass is 16.5. The highest BCUT2D eigenvalue weighted by Gasteiger charge is 2.45. The van der Waals surface area contributed by atoms with Gasteiger partial charge in [0, 0.05) is 17.8 Å². The number of rotatable bonds is 2. The molecule has 1 saturated heterocycles. The monoisotopic (exact) mass is 258 g/mol. The Hall–Kier alpha value is -2.02. The van der Waals surface area contributed by atoms with Crippen LogP contribution >= 0.6 is 0 Å². The van der Waals surface area contributed by atoms with Crippen molar-refractivity contribution in [3.8, 4) is 6.07 Å². The second-order valence-corrected chi connectivity index (χ2v) is 5.33. The molecule has 0 amide bonds. The van der Waals surface area contributed by atoms with E-state index in [4.69, 9.17) is 10.00 Å². The predicted molar refractivity (Wildman–Crippen MR) is 72.7 cm³/mol. The Morgan fingerprint density at radius 3 is 2.89 bits per heavy atom. The maximum Gasteiger partial charge on any atom is 0.311 e. The van der Waals surface area contributed by atoms with Crippen LogP contribution in [0, 0.1) is 17.2 Å². The van der Waals surface area contributed by atoms with Gasteiger partial charge in [-0.1, -0.05) is 6.07 Å². The maximum absolute atomic E-state index is 11.8. The first kappa shape index (κ1) is 13.4. The molecule has 1 unspecified atom stereocenters. The normalized spacial score (nSPS) is 20.9. The molecule has 0 spiro atoms. The van der Waals surface area contributed by atoms with Crippen molar-refractivity contribution in [1.82, 2.24) is 0 Å². The Labute approximate surface area is 113 Å². The largest absolute Gasteiger partial charge is 0.469 e. The molecule has 1 heterocycles. The van der Waals surface area contributed by atoms with Crippen molar-refractivity contribution in [3.05, 3.63) is 29.8 Å². The molecule has 100 valence electrons. The summed E-state index contributed by atoms with van der Waals surface area (Å²) in [5.41, 5.74) is 1.31. The lowest BCUT2D eigenvalue weighted by Gasteiger charge is -2.36. The highest BCUT2D eigenvalue weighted by molar-refractivity contribution is 5.76. The van der Waals surface area contributed by atoms with E-state index < -0.39 is 0 Å². The summed E-state index contributed by atoms with van der Waals surface area (Å²) in [6, 6.07) is 9.63. The van der Waals surface area contributed by atoms with Crippen molar-refractivity contribution in [3.63, 3.8) is 0 Å². The Morgan fingerprint density at radius 1 is 1.53 bits per heavy atom. The Kier molecular flexibility index (Phi) is 3.48. The van der Waals surface area contributed by atoms with Crippen molar-refractivity contribution in [1.29, 1.82) is 5.26 Å². The lowest BCUT2D eigenvalue weighted by Crippen LogP contribution is -2.45. The molecule has 1 aliphatic rings. The third-order valence-corrected chi connectivity index (χ3v) is 3.96. The Morgan fingerprint density at radius 2 is 2.26 bits per heavy atom. The van der Waals surface area contributed by atoms with Crippen LogP contribution in [-0.4, -0.2) is 25.2 Å². The molecule has 1 fully saturated rings. The number of anilines is 1. The van der Waals surface area contributed by atoms with Crippen LogP contribution in [0.3, 0.4) is 0 Å². The number of carbonyl (C=O) groups excluding carboxylic acids is 1. The lowest BCUT2D eigenvalue weighted by atomic mass is 9.88. The highest BCUT2D eigenvalue weighted by Crippen LogP contribution is 2.38. The van der Waals surface area contributed by atoms with E-state index >= 15 is 0 Å². The number of esters is 1. The van der Waals surface area contributed by atoms with Gasteiger partial charge in [-0.05, 0) is 38.5 Å². The first-order valence-corrected chi connectivity index (χ1v) is 6.36. The average molecular weight is 258 g/mol. The summed E-state index contributed by atoms with van der Waals surface area (Å²) in [5.74, 6) is -0.299. The third-order valence-electron chi connectivity index (χ3n) is 3.96. The molecule has 0 N–H and O–H groups in total. The van der Waals surface area contributed by atoms with Crippen molar-refractivity contribution in [2.24, 2.45) is 5.92 Å². The van der Waals surface area contributed by atoms with Crippen LogP contribution in [0.2, 0.25) is 0 Å². The molecule has 4 heteroatoms. The standard InChI is InChI=1S/C15H18N2O2/c1-15(2)13(14(18)19-3)7-8-17(15)12-6-4-5-11(9-12)10-16/h4-6,9,13H,7-8H2,1-3H3. The van der Waals surface area contributed by atoms with Gasteiger partial charge in [0.25, 0.3) is 0 Å². The van der Waals surface area contributed by atoms with Crippen LogP contribution in [0.1, 0.15) is 25.8 Å². The van der Waals surface area contributed by atoms with Gasteiger partial charge in [-0.2, -0.15) is 5.26 Å². The van der Waals surface area contributed by atoms with E-state index in [0.29, 0.717) is 5.56 Å². The number of carbonyl (C=O) groups is 1. The fourth-order valence-corrected chi connectivity index (χ4v) is 2.84. The van der Waals surface area contributed by atoms with Gasteiger partial charge < -0.3 is 9.64 Å². The third kappa shape index (κ3) is 2.28. The minimum absolute atomic E-state index is 0.136. The van der Waals surface area contributed by atoms with Crippen molar-refractivity contribution in [2.75, 3.05) is 18.6 Å². The average Bonchev–Trinajstić information content (AvgIpc) is 2.73. The van der Waals surface area contributed by atoms with Gasteiger partial charge >= 0.3 is 5.97 Å². The number of nitrogens with zero attached hydrogens (tertiary/aromatic N) is 2. The van der Waals surface area contributed by atoms with Gasteiger partial charge in [0.1, 0.15) is 0 Å². The summed E-state index contributed by atoms with van der Waals surface area (Å²) in [4.78, 5) is 14.0. The van der Waals surface area contributed by atoms with E-state index in [-0.39, 0.29) is 17.4 Å². The number of ether oxygens (including phenoxy) is 1. The zero-order valence-electron chi connectivity index (χ0n) is 11.5. The molecule has 0 aromatic heterocycles. The van der Waals surface area contributed by atoms with Gasteiger partial charge in [0.15, 0.2) is 0 Å². The Bertz CT molecular complexity index is 531. The fourth-order valence-electron chi connectivity index (χ4n) is 2.84. The van der Waals surface area contributed by atoms with E-state index in [9.17, 15) is 4.79 Å². The summed E-state index contributed by atoms with van der Waals surface area (Å²) in [7, 11) is 1.43. The summed E-state index contributed by atoms with van der Waals surface area (Å²) in [6.45, 7) is 4.88. The summed E-state index contributed by atoms with van der Waals surface area (Å²) < 4.78 is 4.88. The smallest absolute Gasteiger partial charge is 0.311 e. The number of methoxy groups -OCH3 is 1. The van der Waals surface area contributed by atoms with Gasteiger partial charge in [-0.15, -0.1) is 0 Å². The number of nitriles is 1. The van der Waals surface area contributed by atoms with Gasteiger partial charge in [0.2, 0.25) is 0 Å². The van der Waals surface area contributed by atoms with Crippen LogP contribution in [0.4, 0.5) is 5.69 Å². The molecule has 0 aliphatic carbocycles. The van der Waals surface area contributed by atoms with E-state index in [2.05, 4.69) is 11.0 Å². The Balaban J connectivity index is 2.32. The molecular weight excluding hydrogens is 240 g/mol. The molecule has 1 aliphatic heterocycles. The number of hydrogen-bond donors (Lipinski definition) is 0. The molecule has 2 rings (SSSR count). The quantitative estimate of drug-likeness (QED) is 0.764. The van der Waals surface area contributed by atoms with Gasteiger partial charge in [-0.3, -0.25) is 4.79 Å². The van der Waals surface area contributed by atoms with Gasteiger partial charge in [0.05, 0.1) is 24.7 Å². The van der Waals surface area contributed by atoms with E-state index in [0.717, 1.165) is 18.7 Å². The molecule has 0 saturated carbocycles. The van der Waals surface area contributed by atoms with E-state index in [1.165, 1.54) is 7.11 Å². The minimum atomic E-state index is -0.304. The lowest BCUT2D eigenvalue weighted by molar-refractivity contribution is -0.146. The van der Waals surface area contributed by atoms with Crippen LogP contribution in [-0.2, 0) is 9.53 Å². The number of hydrogen-bond acceptors (Lipinski definition) is 4. The summed E-state index contributed by atoms with van der Waals surface area (Å²) >= 11 is 0. The molecule has 0 radical (unpaired) electrons. The van der Waals surface area contributed by atoms with Gasteiger partial charge in [-0.25, -0.2) is 0 Å². The maximum atomic E-state index is 11.8. The summed E-state index contributed by atoms with van der Waals surface area (Å²) in [6.07, 6.45) is 0.774. The summed E-state index contributed by atoms with van der Waals surface area (Å²) in [5, 5.41) is 8.97. The van der Waals surface area contributed by atoms with E-state index in [1.54, 1.807) is 6.07 Å². The zero-order chi connectivity index (χ0) is 14.0. The van der Waals surface area contributed by atoms with Crippen LogP contribution in [0.15, 0.2) is 24.3 Å². The first-order chi connectivity index (χ1) is 9.00. The molecule has 4 nitrogen and oxygen atoms in total. The molecule has 19 heavy (non-hydrogen) atoms. The first-order valence-electron chi connectivity index (χ1n) is 6.36. The van der Waals surface area contributed by atoms with E-state index in [1.807, 2.05) is 32.0 Å². The second kappa shape index (κ2) is 4.93. The predicted octanol–water partition coefficient (Wildman–Crippen LogP) is 2.34.